The van der Waals surface area contributed by atoms with E-state index in [4.69, 9.17) is 15.7 Å². The van der Waals surface area contributed by atoms with Crippen molar-refractivity contribution >= 4 is 16.5 Å². The monoisotopic (exact) mass is 261 g/mol. The van der Waals surface area contributed by atoms with Crippen LogP contribution in [0.1, 0.15) is 5.56 Å². The van der Waals surface area contributed by atoms with Crippen molar-refractivity contribution in [2.24, 2.45) is 0 Å². The SMILES string of the molecule is N#Cc1cccc(Oc2ccc(N)c3ccncc23)c1. The number of nitriles is 1. The molecule has 0 saturated heterocycles. The molecule has 4 heteroatoms. The zero-order chi connectivity index (χ0) is 13.9. The Morgan fingerprint density at radius 2 is 2.00 bits per heavy atom. The Labute approximate surface area is 116 Å². The Kier molecular flexibility index (Phi) is 2.94. The Bertz CT molecular complexity index is 821. The van der Waals surface area contributed by atoms with Crippen LogP contribution in [0.3, 0.4) is 0 Å². The van der Waals surface area contributed by atoms with Crippen molar-refractivity contribution in [2.45, 2.75) is 0 Å². The van der Waals surface area contributed by atoms with Crippen molar-refractivity contribution in [1.29, 1.82) is 5.26 Å². The lowest BCUT2D eigenvalue weighted by atomic mass is 10.1. The summed E-state index contributed by atoms with van der Waals surface area (Å²) in [5, 5.41) is 10.6. The van der Waals surface area contributed by atoms with Gasteiger partial charge in [0.05, 0.1) is 11.6 Å². The Hall–Kier alpha value is -3.06. The van der Waals surface area contributed by atoms with Gasteiger partial charge in [-0.2, -0.15) is 5.26 Å². The summed E-state index contributed by atoms with van der Waals surface area (Å²) in [4.78, 5) is 4.10. The fraction of sp³-hybridized carbons (Fsp3) is 0. The molecule has 0 saturated carbocycles. The van der Waals surface area contributed by atoms with Crippen molar-refractivity contribution in [1.82, 2.24) is 4.98 Å². The first-order chi connectivity index (χ1) is 9.78. The second kappa shape index (κ2) is 4.90. The highest BCUT2D eigenvalue weighted by Crippen LogP contribution is 2.32. The molecule has 0 aliphatic heterocycles. The molecule has 0 radical (unpaired) electrons. The molecule has 1 heterocycles. The van der Waals surface area contributed by atoms with E-state index in [-0.39, 0.29) is 0 Å². The molecule has 3 rings (SSSR count). The minimum atomic E-state index is 0.556. The van der Waals surface area contributed by atoms with Crippen molar-refractivity contribution in [3.8, 4) is 17.6 Å². The highest BCUT2D eigenvalue weighted by atomic mass is 16.5. The summed E-state index contributed by atoms with van der Waals surface area (Å²) in [5.74, 6) is 1.27. The van der Waals surface area contributed by atoms with Crippen molar-refractivity contribution in [3.63, 3.8) is 0 Å². The van der Waals surface area contributed by atoms with Gasteiger partial charge >= 0.3 is 0 Å². The number of hydrogen-bond acceptors (Lipinski definition) is 4. The van der Waals surface area contributed by atoms with Gasteiger partial charge in [-0.3, -0.25) is 4.98 Å². The number of benzene rings is 2. The average molecular weight is 261 g/mol. The quantitative estimate of drug-likeness (QED) is 0.717. The standard InChI is InChI=1S/C16H11N3O/c17-9-11-2-1-3-12(8-11)20-16-5-4-15(18)13-6-7-19-10-14(13)16/h1-8,10H,18H2. The van der Waals surface area contributed by atoms with Crippen LogP contribution < -0.4 is 10.5 Å². The lowest BCUT2D eigenvalue weighted by Crippen LogP contribution is -1.91. The molecule has 0 aliphatic carbocycles. The average Bonchev–Trinajstić information content (AvgIpc) is 2.51. The molecule has 0 unspecified atom stereocenters. The van der Waals surface area contributed by atoms with E-state index >= 15 is 0 Å². The van der Waals surface area contributed by atoms with E-state index in [1.807, 2.05) is 6.07 Å². The molecule has 2 N–H and O–H groups in total. The Balaban J connectivity index is 2.07. The molecule has 96 valence electrons. The van der Waals surface area contributed by atoms with Gasteiger partial charge in [-0.1, -0.05) is 6.07 Å². The van der Waals surface area contributed by atoms with E-state index in [2.05, 4.69) is 11.1 Å². The van der Waals surface area contributed by atoms with Gasteiger partial charge in [-0.25, -0.2) is 0 Å². The van der Waals surface area contributed by atoms with Crippen LogP contribution in [0, 0.1) is 11.3 Å². The largest absolute Gasteiger partial charge is 0.457 e. The summed E-state index contributed by atoms with van der Waals surface area (Å²) >= 11 is 0. The molecular weight excluding hydrogens is 250 g/mol. The minimum Gasteiger partial charge on any atom is -0.457 e. The third-order valence-electron chi connectivity index (χ3n) is 3.00. The second-order valence-electron chi connectivity index (χ2n) is 4.32. The van der Waals surface area contributed by atoms with Gasteiger partial charge in [-0.05, 0) is 36.4 Å². The smallest absolute Gasteiger partial charge is 0.136 e. The van der Waals surface area contributed by atoms with Crippen LogP contribution in [0.4, 0.5) is 5.69 Å². The number of nitrogens with zero attached hydrogens (tertiary/aromatic N) is 2. The summed E-state index contributed by atoms with van der Waals surface area (Å²) < 4.78 is 5.84. The van der Waals surface area contributed by atoms with E-state index in [9.17, 15) is 0 Å². The Morgan fingerprint density at radius 1 is 1.10 bits per heavy atom. The predicted molar refractivity (Wildman–Crippen MR) is 77.4 cm³/mol. The van der Waals surface area contributed by atoms with Crippen LogP contribution in [-0.2, 0) is 0 Å². The maximum atomic E-state index is 8.90. The van der Waals surface area contributed by atoms with Gasteiger partial charge < -0.3 is 10.5 Å². The zero-order valence-electron chi connectivity index (χ0n) is 10.6. The predicted octanol–water partition coefficient (Wildman–Crippen LogP) is 3.48. The lowest BCUT2D eigenvalue weighted by Gasteiger charge is -2.10. The minimum absolute atomic E-state index is 0.556. The zero-order valence-corrected chi connectivity index (χ0v) is 10.6. The molecule has 0 fully saturated rings. The van der Waals surface area contributed by atoms with Gasteiger partial charge in [0.1, 0.15) is 11.5 Å². The molecule has 0 amide bonds. The van der Waals surface area contributed by atoms with Crippen molar-refractivity contribution < 1.29 is 4.74 Å². The first-order valence-corrected chi connectivity index (χ1v) is 6.08. The van der Waals surface area contributed by atoms with Gasteiger partial charge in [0, 0.05) is 28.9 Å². The van der Waals surface area contributed by atoms with E-state index in [0.717, 1.165) is 10.8 Å². The lowest BCUT2D eigenvalue weighted by molar-refractivity contribution is 0.488. The van der Waals surface area contributed by atoms with Crippen LogP contribution >= 0.6 is 0 Å². The number of fused-ring (bicyclic) bond motifs is 1. The van der Waals surface area contributed by atoms with Crippen LogP contribution in [0.2, 0.25) is 0 Å². The molecule has 0 atom stereocenters. The highest BCUT2D eigenvalue weighted by Gasteiger charge is 2.06. The van der Waals surface area contributed by atoms with Gasteiger partial charge in [0.25, 0.3) is 0 Å². The van der Waals surface area contributed by atoms with Gasteiger partial charge in [0.15, 0.2) is 0 Å². The maximum Gasteiger partial charge on any atom is 0.136 e. The number of nitrogen functional groups attached to an aromatic ring is 1. The molecule has 0 aliphatic rings. The van der Waals surface area contributed by atoms with E-state index in [1.165, 1.54) is 0 Å². The summed E-state index contributed by atoms with van der Waals surface area (Å²) in [6.45, 7) is 0. The number of ether oxygens (including phenoxy) is 1. The van der Waals surface area contributed by atoms with E-state index < -0.39 is 0 Å². The fourth-order valence-corrected chi connectivity index (χ4v) is 2.03. The number of aromatic nitrogens is 1. The third-order valence-corrected chi connectivity index (χ3v) is 3.00. The highest BCUT2D eigenvalue weighted by molar-refractivity contribution is 5.96. The maximum absolute atomic E-state index is 8.90. The molecule has 4 nitrogen and oxygen atoms in total. The van der Waals surface area contributed by atoms with Gasteiger partial charge in [0.2, 0.25) is 0 Å². The number of nitrogens with two attached hydrogens (primary N) is 1. The third kappa shape index (κ3) is 2.13. The molecular formula is C16H11N3O. The number of hydrogen-bond donors (Lipinski definition) is 1. The van der Waals surface area contributed by atoms with Crippen molar-refractivity contribution in [3.05, 3.63) is 60.4 Å². The summed E-state index contributed by atoms with van der Waals surface area (Å²) in [7, 11) is 0. The summed E-state index contributed by atoms with van der Waals surface area (Å²) in [6.07, 6.45) is 3.41. The number of anilines is 1. The topological polar surface area (TPSA) is 71.9 Å². The molecule has 1 aromatic heterocycles. The van der Waals surface area contributed by atoms with Crippen LogP contribution in [0.25, 0.3) is 10.8 Å². The molecule has 0 bridgehead atoms. The van der Waals surface area contributed by atoms with E-state index in [0.29, 0.717) is 22.7 Å². The first kappa shape index (κ1) is 12.0. The summed E-state index contributed by atoms with van der Waals surface area (Å²) in [6, 6.07) is 14.6. The molecule has 0 spiro atoms. The van der Waals surface area contributed by atoms with Crippen LogP contribution in [-0.4, -0.2) is 4.98 Å². The molecule has 3 aromatic rings. The Morgan fingerprint density at radius 3 is 2.85 bits per heavy atom. The first-order valence-electron chi connectivity index (χ1n) is 6.08. The van der Waals surface area contributed by atoms with E-state index in [1.54, 1.807) is 48.8 Å². The van der Waals surface area contributed by atoms with Crippen LogP contribution in [0.5, 0.6) is 11.5 Å². The second-order valence-corrected chi connectivity index (χ2v) is 4.32. The van der Waals surface area contributed by atoms with Crippen molar-refractivity contribution in [2.75, 3.05) is 5.73 Å². The molecule has 20 heavy (non-hydrogen) atoms. The van der Waals surface area contributed by atoms with Crippen LogP contribution in [0.15, 0.2) is 54.9 Å². The normalized spacial score (nSPS) is 10.2. The molecule has 2 aromatic carbocycles. The fourth-order valence-electron chi connectivity index (χ4n) is 2.03. The summed E-state index contributed by atoms with van der Waals surface area (Å²) in [5.41, 5.74) is 7.17. The number of pyridine rings is 1. The van der Waals surface area contributed by atoms with Gasteiger partial charge in [-0.15, -0.1) is 0 Å². The number of rotatable bonds is 2.